The summed E-state index contributed by atoms with van der Waals surface area (Å²) in [5, 5.41) is 9.51. The van der Waals surface area contributed by atoms with Crippen molar-refractivity contribution in [3.8, 4) is 5.75 Å². The van der Waals surface area contributed by atoms with E-state index in [-0.39, 0.29) is 16.9 Å². The van der Waals surface area contributed by atoms with Gasteiger partial charge in [-0.25, -0.2) is 4.39 Å². The second-order valence-electron chi connectivity index (χ2n) is 4.69. The number of hydrogen-bond acceptors (Lipinski definition) is 3. The third kappa shape index (κ3) is 1.54. The van der Waals surface area contributed by atoms with E-state index in [2.05, 4.69) is 13.8 Å². The first kappa shape index (κ1) is 10.9. The Morgan fingerprint density at radius 1 is 1.50 bits per heavy atom. The quantitative estimate of drug-likeness (QED) is 0.782. The summed E-state index contributed by atoms with van der Waals surface area (Å²) in [5.74, 6) is -0.972. The third-order valence-electron chi connectivity index (χ3n) is 3.20. The molecule has 0 atom stereocenters. The van der Waals surface area contributed by atoms with Crippen LogP contribution in [0.4, 0.5) is 10.1 Å². The number of nitrogens with zero attached hydrogens (tertiary/aromatic N) is 1. The van der Waals surface area contributed by atoms with Crippen molar-refractivity contribution < 1.29 is 14.3 Å². The smallest absolute Gasteiger partial charge is 0.156 e. The van der Waals surface area contributed by atoms with Crippen LogP contribution < -0.4 is 4.90 Å². The molecular formula is C12H14FNO2. The van der Waals surface area contributed by atoms with E-state index in [0.717, 1.165) is 13.0 Å². The first-order valence-electron chi connectivity index (χ1n) is 5.21. The zero-order valence-electron chi connectivity index (χ0n) is 9.33. The molecule has 2 rings (SSSR count). The molecule has 86 valence electrons. The van der Waals surface area contributed by atoms with Crippen molar-refractivity contribution >= 4 is 12.0 Å². The number of aromatic hydroxyl groups is 1. The molecule has 1 aromatic rings. The van der Waals surface area contributed by atoms with Crippen LogP contribution in [0.15, 0.2) is 12.1 Å². The van der Waals surface area contributed by atoms with Gasteiger partial charge in [-0.15, -0.1) is 0 Å². The molecule has 1 aromatic carbocycles. The Morgan fingerprint density at radius 2 is 2.19 bits per heavy atom. The van der Waals surface area contributed by atoms with Gasteiger partial charge < -0.3 is 10.0 Å². The molecule has 1 N–H and O–H groups in total. The van der Waals surface area contributed by atoms with Crippen LogP contribution in [-0.4, -0.2) is 23.5 Å². The van der Waals surface area contributed by atoms with Gasteiger partial charge in [0.25, 0.3) is 0 Å². The molecule has 0 saturated carbocycles. The number of carbonyl (C=O) groups excluding carboxylic acids is 1. The molecule has 0 bridgehead atoms. The summed E-state index contributed by atoms with van der Waals surface area (Å²) >= 11 is 0. The molecule has 0 unspecified atom stereocenters. The number of hydrogen-bond donors (Lipinski definition) is 1. The van der Waals surface area contributed by atoms with Crippen molar-refractivity contribution in [3.05, 3.63) is 23.5 Å². The first-order chi connectivity index (χ1) is 7.45. The van der Waals surface area contributed by atoms with E-state index < -0.39 is 5.82 Å². The van der Waals surface area contributed by atoms with E-state index in [1.165, 1.54) is 12.1 Å². The lowest BCUT2D eigenvalue weighted by atomic mass is 9.88. The second kappa shape index (κ2) is 3.47. The highest BCUT2D eigenvalue weighted by molar-refractivity contribution is 5.81. The van der Waals surface area contributed by atoms with Gasteiger partial charge in [-0.3, -0.25) is 4.79 Å². The summed E-state index contributed by atoms with van der Waals surface area (Å²) in [4.78, 5) is 12.5. The molecule has 1 fully saturated rings. The highest BCUT2D eigenvalue weighted by Crippen LogP contribution is 2.37. The maximum absolute atomic E-state index is 13.5. The van der Waals surface area contributed by atoms with Gasteiger partial charge in [0.15, 0.2) is 6.29 Å². The lowest BCUT2D eigenvalue weighted by molar-refractivity contribution is 0.111. The fourth-order valence-corrected chi connectivity index (χ4v) is 2.01. The molecule has 1 saturated heterocycles. The maximum Gasteiger partial charge on any atom is 0.156 e. The fraction of sp³-hybridized carbons (Fsp3) is 0.417. The average molecular weight is 223 g/mol. The number of rotatable bonds is 2. The number of benzene rings is 1. The highest BCUT2D eigenvalue weighted by atomic mass is 19.1. The van der Waals surface area contributed by atoms with Crippen molar-refractivity contribution in [3.63, 3.8) is 0 Å². The molecule has 1 heterocycles. The minimum absolute atomic E-state index is 0.0123. The van der Waals surface area contributed by atoms with Crippen molar-refractivity contribution in [1.29, 1.82) is 0 Å². The molecule has 16 heavy (non-hydrogen) atoms. The molecule has 0 radical (unpaired) electrons. The van der Waals surface area contributed by atoms with Gasteiger partial charge in [0.05, 0.1) is 5.56 Å². The Kier molecular flexibility index (Phi) is 2.37. The minimum Gasteiger partial charge on any atom is -0.507 e. The van der Waals surface area contributed by atoms with Gasteiger partial charge in [-0.2, -0.15) is 0 Å². The standard InChI is InChI=1S/C12H14FNO2/c1-12(2)3-4-14(12)8-5-10(13)9(7-15)11(16)6-8/h5-7,16H,3-4H2,1-2H3. The van der Waals surface area contributed by atoms with Gasteiger partial charge in [0.1, 0.15) is 11.6 Å². The Hall–Kier alpha value is -1.58. The number of phenolic OH excluding ortho intramolecular Hbond substituents is 1. The van der Waals surface area contributed by atoms with Crippen LogP contribution in [0.1, 0.15) is 30.6 Å². The van der Waals surface area contributed by atoms with Crippen LogP contribution in [0.3, 0.4) is 0 Å². The predicted octanol–water partition coefficient (Wildman–Crippen LogP) is 2.33. The lowest BCUT2D eigenvalue weighted by Crippen LogP contribution is -2.56. The van der Waals surface area contributed by atoms with E-state index in [1.807, 2.05) is 4.90 Å². The summed E-state index contributed by atoms with van der Waals surface area (Å²) in [5.41, 5.74) is 0.334. The molecule has 1 aliphatic heterocycles. The minimum atomic E-state index is -0.673. The van der Waals surface area contributed by atoms with Crippen LogP contribution in [0.25, 0.3) is 0 Å². The van der Waals surface area contributed by atoms with E-state index in [9.17, 15) is 14.3 Å². The molecule has 0 spiro atoms. The summed E-state index contributed by atoms with van der Waals surface area (Å²) in [6.07, 6.45) is 1.36. The van der Waals surface area contributed by atoms with Crippen LogP contribution in [0, 0.1) is 5.82 Å². The van der Waals surface area contributed by atoms with E-state index in [1.54, 1.807) is 0 Å². The largest absolute Gasteiger partial charge is 0.507 e. The van der Waals surface area contributed by atoms with Gasteiger partial charge in [0.2, 0.25) is 0 Å². The van der Waals surface area contributed by atoms with E-state index >= 15 is 0 Å². The third-order valence-corrected chi connectivity index (χ3v) is 3.20. The van der Waals surface area contributed by atoms with Crippen molar-refractivity contribution in [2.45, 2.75) is 25.8 Å². The highest BCUT2D eigenvalue weighted by Gasteiger charge is 2.36. The maximum atomic E-state index is 13.5. The van der Waals surface area contributed by atoms with Crippen molar-refractivity contribution in [1.82, 2.24) is 0 Å². The summed E-state index contributed by atoms with van der Waals surface area (Å²) in [7, 11) is 0. The Morgan fingerprint density at radius 3 is 2.56 bits per heavy atom. The zero-order valence-corrected chi connectivity index (χ0v) is 9.33. The topological polar surface area (TPSA) is 40.5 Å². The molecule has 0 aromatic heterocycles. The SMILES string of the molecule is CC1(C)CCN1c1cc(O)c(C=O)c(F)c1. The van der Waals surface area contributed by atoms with Gasteiger partial charge in [-0.05, 0) is 26.3 Å². The molecule has 4 heteroatoms. The first-order valence-corrected chi connectivity index (χ1v) is 5.21. The average Bonchev–Trinajstić information content (AvgIpc) is 2.15. The zero-order chi connectivity index (χ0) is 11.9. The van der Waals surface area contributed by atoms with Gasteiger partial charge >= 0.3 is 0 Å². The van der Waals surface area contributed by atoms with Crippen LogP contribution in [0.2, 0.25) is 0 Å². The van der Waals surface area contributed by atoms with Gasteiger partial charge in [-0.1, -0.05) is 0 Å². The summed E-state index contributed by atoms with van der Waals surface area (Å²) < 4.78 is 13.5. The molecule has 0 amide bonds. The predicted molar refractivity (Wildman–Crippen MR) is 59.5 cm³/mol. The number of aldehydes is 1. The lowest BCUT2D eigenvalue weighted by Gasteiger charge is -2.50. The van der Waals surface area contributed by atoms with Crippen molar-refractivity contribution in [2.75, 3.05) is 11.4 Å². The monoisotopic (exact) mass is 223 g/mol. The molecule has 1 aliphatic rings. The number of carbonyl (C=O) groups is 1. The summed E-state index contributed by atoms with van der Waals surface area (Å²) in [6, 6.07) is 2.73. The van der Waals surface area contributed by atoms with Crippen LogP contribution in [0.5, 0.6) is 5.75 Å². The molecule has 0 aliphatic carbocycles. The summed E-state index contributed by atoms with van der Waals surface area (Å²) in [6.45, 7) is 4.95. The number of phenols is 1. The normalized spacial score (nSPS) is 18.1. The number of halogens is 1. The van der Waals surface area contributed by atoms with Gasteiger partial charge in [0, 0.05) is 23.8 Å². The van der Waals surface area contributed by atoms with E-state index in [0.29, 0.717) is 12.0 Å². The fourth-order valence-electron chi connectivity index (χ4n) is 2.01. The number of anilines is 1. The van der Waals surface area contributed by atoms with Crippen molar-refractivity contribution in [2.24, 2.45) is 0 Å². The van der Waals surface area contributed by atoms with Crippen LogP contribution in [-0.2, 0) is 0 Å². The van der Waals surface area contributed by atoms with E-state index in [4.69, 9.17) is 0 Å². The van der Waals surface area contributed by atoms with Crippen LogP contribution >= 0.6 is 0 Å². The Labute approximate surface area is 93.5 Å². The molecule has 3 nitrogen and oxygen atoms in total. The Bertz CT molecular complexity index is 420. The second-order valence-corrected chi connectivity index (χ2v) is 4.69. The molecular weight excluding hydrogens is 209 g/mol. The Balaban J connectivity index is 2.41.